The molecule has 20 heavy (non-hydrogen) atoms. The van der Waals surface area contributed by atoms with Gasteiger partial charge in [0.25, 0.3) is 0 Å². The van der Waals surface area contributed by atoms with Crippen LogP contribution in [0, 0.1) is 0 Å². The number of methoxy groups -OCH3 is 1. The Bertz CT molecular complexity index is 430. The van der Waals surface area contributed by atoms with Crippen molar-refractivity contribution in [2.24, 2.45) is 0 Å². The third-order valence-electron chi connectivity index (χ3n) is 3.87. The summed E-state index contributed by atoms with van der Waals surface area (Å²) in [5.74, 6) is 1.22. The second-order valence-electron chi connectivity index (χ2n) is 5.45. The monoisotopic (exact) mass is 280 g/mol. The van der Waals surface area contributed by atoms with Crippen molar-refractivity contribution < 1.29 is 19.7 Å². The predicted octanol–water partition coefficient (Wildman–Crippen LogP) is 2.82. The summed E-state index contributed by atoms with van der Waals surface area (Å²) in [4.78, 5) is 0. The summed E-state index contributed by atoms with van der Waals surface area (Å²) in [6.07, 6.45) is 3.80. The lowest BCUT2D eigenvalue weighted by atomic mass is 10.1. The first-order valence-electron chi connectivity index (χ1n) is 7.32. The van der Waals surface area contributed by atoms with Gasteiger partial charge in [-0.15, -0.1) is 0 Å². The molecule has 4 nitrogen and oxygen atoms in total. The van der Waals surface area contributed by atoms with Gasteiger partial charge in [-0.1, -0.05) is 18.9 Å². The highest BCUT2D eigenvalue weighted by molar-refractivity contribution is 5.43. The Labute approximate surface area is 120 Å². The molecule has 0 saturated heterocycles. The highest BCUT2D eigenvalue weighted by Crippen LogP contribution is 2.33. The van der Waals surface area contributed by atoms with E-state index in [0.29, 0.717) is 11.5 Å². The highest BCUT2D eigenvalue weighted by Gasteiger charge is 2.24. The van der Waals surface area contributed by atoms with Crippen LogP contribution in [0.1, 0.15) is 50.7 Å². The number of rotatable bonds is 4. The predicted molar refractivity (Wildman–Crippen MR) is 77.1 cm³/mol. The van der Waals surface area contributed by atoms with Gasteiger partial charge < -0.3 is 19.7 Å². The fourth-order valence-corrected chi connectivity index (χ4v) is 2.60. The average molecular weight is 280 g/mol. The lowest BCUT2D eigenvalue weighted by molar-refractivity contribution is 0.0305. The van der Waals surface area contributed by atoms with Gasteiger partial charge in [-0.05, 0) is 43.9 Å². The Morgan fingerprint density at radius 1 is 1.15 bits per heavy atom. The van der Waals surface area contributed by atoms with E-state index in [4.69, 9.17) is 9.47 Å². The quantitative estimate of drug-likeness (QED) is 0.833. The average Bonchev–Trinajstić information content (AvgIpc) is 2.64. The van der Waals surface area contributed by atoms with Crippen molar-refractivity contribution >= 4 is 0 Å². The van der Waals surface area contributed by atoms with E-state index in [9.17, 15) is 10.2 Å². The van der Waals surface area contributed by atoms with Crippen LogP contribution in [0.25, 0.3) is 0 Å². The van der Waals surface area contributed by atoms with Crippen LogP contribution in [0.15, 0.2) is 18.2 Å². The van der Waals surface area contributed by atoms with Crippen LogP contribution < -0.4 is 9.47 Å². The van der Waals surface area contributed by atoms with E-state index < -0.39 is 12.2 Å². The van der Waals surface area contributed by atoms with Crippen LogP contribution in [0.2, 0.25) is 0 Å². The van der Waals surface area contributed by atoms with Gasteiger partial charge >= 0.3 is 0 Å². The number of benzene rings is 1. The number of hydrogen-bond acceptors (Lipinski definition) is 4. The van der Waals surface area contributed by atoms with E-state index in [1.165, 1.54) is 0 Å². The van der Waals surface area contributed by atoms with E-state index in [0.717, 1.165) is 37.7 Å². The van der Waals surface area contributed by atoms with Gasteiger partial charge in [-0.25, -0.2) is 0 Å². The summed E-state index contributed by atoms with van der Waals surface area (Å²) in [6.45, 7) is 1.71. The summed E-state index contributed by atoms with van der Waals surface area (Å²) < 4.78 is 11.3. The molecule has 0 spiro atoms. The molecular formula is C16H24O4. The molecule has 2 rings (SSSR count). The second kappa shape index (κ2) is 6.95. The van der Waals surface area contributed by atoms with E-state index in [1.54, 1.807) is 26.2 Å². The summed E-state index contributed by atoms with van der Waals surface area (Å²) in [5.41, 5.74) is 0.788. The van der Waals surface area contributed by atoms with Gasteiger partial charge in [-0.2, -0.15) is 0 Å². The Balaban J connectivity index is 2.15. The Hall–Kier alpha value is -1.26. The second-order valence-corrected chi connectivity index (χ2v) is 5.45. The molecule has 4 heteroatoms. The normalized spacial score (nSPS) is 24.8. The topological polar surface area (TPSA) is 58.9 Å². The summed E-state index contributed by atoms with van der Waals surface area (Å²) in [6, 6.07) is 5.41. The Morgan fingerprint density at radius 2 is 1.90 bits per heavy atom. The molecule has 1 saturated carbocycles. The molecule has 0 radical (unpaired) electrons. The number of ether oxygens (including phenoxy) is 2. The van der Waals surface area contributed by atoms with Gasteiger partial charge in [-0.3, -0.25) is 0 Å². The third-order valence-corrected chi connectivity index (χ3v) is 3.87. The summed E-state index contributed by atoms with van der Waals surface area (Å²) in [5, 5.41) is 19.7. The molecule has 0 amide bonds. The molecule has 1 aliphatic rings. The largest absolute Gasteiger partial charge is 0.493 e. The SMILES string of the molecule is COc1cc(C(C)O)ccc1OC1CCCCCC1O. The van der Waals surface area contributed by atoms with Crippen molar-refractivity contribution in [3.63, 3.8) is 0 Å². The van der Waals surface area contributed by atoms with Crippen molar-refractivity contribution in [2.45, 2.75) is 57.3 Å². The van der Waals surface area contributed by atoms with Crippen LogP contribution in [0.4, 0.5) is 0 Å². The molecule has 0 aromatic heterocycles. The molecular weight excluding hydrogens is 256 g/mol. The lowest BCUT2D eigenvalue weighted by Crippen LogP contribution is -2.30. The number of hydrogen-bond donors (Lipinski definition) is 2. The minimum absolute atomic E-state index is 0.177. The smallest absolute Gasteiger partial charge is 0.161 e. The molecule has 0 bridgehead atoms. The molecule has 0 aliphatic heterocycles. The highest BCUT2D eigenvalue weighted by atomic mass is 16.5. The van der Waals surface area contributed by atoms with Crippen LogP contribution in [0.5, 0.6) is 11.5 Å². The minimum atomic E-state index is -0.540. The van der Waals surface area contributed by atoms with Gasteiger partial charge in [0.1, 0.15) is 6.10 Å². The number of aliphatic hydroxyl groups is 2. The molecule has 1 aliphatic carbocycles. The van der Waals surface area contributed by atoms with E-state index in [2.05, 4.69) is 0 Å². The maximum atomic E-state index is 10.1. The fraction of sp³-hybridized carbons (Fsp3) is 0.625. The third kappa shape index (κ3) is 3.64. The van der Waals surface area contributed by atoms with Crippen LogP contribution in [0.3, 0.4) is 0 Å². The molecule has 3 atom stereocenters. The molecule has 1 aromatic carbocycles. The molecule has 0 heterocycles. The maximum absolute atomic E-state index is 10.1. The maximum Gasteiger partial charge on any atom is 0.161 e. The zero-order valence-corrected chi connectivity index (χ0v) is 12.2. The van der Waals surface area contributed by atoms with Crippen molar-refractivity contribution in [3.05, 3.63) is 23.8 Å². The van der Waals surface area contributed by atoms with Gasteiger partial charge in [0.2, 0.25) is 0 Å². The minimum Gasteiger partial charge on any atom is -0.493 e. The van der Waals surface area contributed by atoms with Crippen LogP contribution >= 0.6 is 0 Å². The molecule has 2 N–H and O–H groups in total. The van der Waals surface area contributed by atoms with E-state index in [1.807, 2.05) is 6.07 Å². The van der Waals surface area contributed by atoms with E-state index in [-0.39, 0.29) is 6.10 Å². The molecule has 1 fully saturated rings. The zero-order valence-electron chi connectivity index (χ0n) is 12.2. The zero-order chi connectivity index (χ0) is 14.5. The van der Waals surface area contributed by atoms with Gasteiger partial charge in [0.05, 0.1) is 19.3 Å². The molecule has 3 unspecified atom stereocenters. The first-order chi connectivity index (χ1) is 9.61. The first kappa shape index (κ1) is 15.1. The van der Waals surface area contributed by atoms with Crippen molar-refractivity contribution in [1.29, 1.82) is 0 Å². The first-order valence-corrected chi connectivity index (χ1v) is 7.32. The van der Waals surface area contributed by atoms with Crippen LogP contribution in [-0.2, 0) is 0 Å². The van der Waals surface area contributed by atoms with E-state index >= 15 is 0 Å². The van der Waals surface area contributed by atoms with Crippen molar-refractivity contribution in [3.8, 4) is 11.5 Å². The molecule has 1 aromatic rings. The standard InChI is InChI=1S/C16H24O4/c1-11(17)12-8-9-15(16(10-12)19-2)20-14-7-5-3-4-6-13(14)18/h8-11,13-14,17-18H,3-7H2,1-2H3. The summed E-state index contributed by atoms with van der Waals surface area (Å²) in [7, 11) is 1.58. The van der Waals surface area contributed by atoms with Crippen LogP contribution in [-0.4, -0.2) is 29.5 Å². The fourth-order valence-electron chi connectivity index (χ4n) is 2.60. The van der Waals surface area contributed by atoms with Gasteiger partial charge in [0, 0.05) is 0 Å². The Kier molecular flexibility index (Phi) is 5.26. The number of aliphatic hydroxyl groups excluding tert-OH is 2. The van der Waals surface area contributed by atoms with Crippen molar-refractivity contribution in [2.75, 3.05) is 7.11 Å². The Morgan fingerprint density at radius 3 is 2.60 bits per heavy atom. The molecule has 112 valence electrons. The lowest BCUT2D eigenvalue weighted by Gasteiger charge is -2.23. The summed E-state index contributed by atoms with van der Waals surface area (Å²) >= 11 is 0. The van der Waals surface area contributed by atoms with Gasteiger partial charge in [0.15, 0.2) is 11.5 Å². The van der Waals surface area contributed by atoms with Crippen molar-refractivity contribution in [1.82, 2.24) is 0 Å².